The number of para-hydroxylation sites is 1. The Morgan fingerprint density at radius 3 is 2.58 bits per heavy atom. The molecular formula is C13H19NO5. The van der Waals surface area contributed by atoms with Crippen LogP contribution < -0.4 is 14.8 Å². The summed E-state index contributed by atoms with van der Waals surface area (Å²) in [6.07, 6.45) is 0. The number of aliphatic hydroxyl groups is 1. The Hall–Kier alpha value is -1.79. The van der Waals surface area contributed by atoms with Crippen LogP contribution in [0.25, 0.3) is 0 Å². The van der Waals surface area contributed by atoms with Gasteiger partial charge in [-0.15, -0.1) is 0 Å². The quantitative estimate of drug-likeness (QED) is 0.751. The SMILES string of the molecule is COCC(CO)NC(=O)c1cccc(OC)c1OC. The molecule has 1 amide bonds. The van der Waals surface area contributed by atoms with E-state index in [1.54, 1.807) is 18.2 Å². The van der Waals surface area contributed by atoms with Crippen molar-refractivity contribution in [1.29, 1.82) is 0 Å². The Kier molecular flexibility index (Phi) is 6.11. The standard InChI is InChI=1S/C13H19NO5/c1-17-8-9(7-15)14-13(16)10-5-4-6-11(18-2)12(10)19-3/h4-6,9,15H,7-8H2,1-3H3,(H,14,16). The van der Waals surface area contributed by atoms with Gasteiger partial charge in [-0.2, -0.15) is 0 Å². The number of ether oxygens (including phenoxy) is 3. The molecule has 106 valence electrons. The van der Waals surface area contributed by atoms with Crippen molar-refractivity contribution in [2.75, 3.05) is 34.5 Å². The Balaban J connectivity index is 2.92. The average Bonchev–Trinajstić information content (AvgIpc) is 2.45. The van der Waals surface area contributed by atoms with Gasteiger partial charge in [0.05, 0.1) is 39.0 Å². The predicted octanol–water partition coefficient (Wildman–Crippen LogP) is 0.441. The highest BCUT2D eigenvalue weighted by Gasteiger charge is 2.19. The maximum absolute atomic E-state index is 12.1. The summed E-state index contributed by atoms with van der Waals surface area (Å²) in [5.74, 6) is 0.478. The van der Waals surface area contributed by atoms with E-state index in [9.17, 15) is 4.79 Å². The lowest BCUT2D eigenvalue weighted by molar-refractivity contribution is 0.0836. The van der Waals surface area contributed by atoms with Crippen LogP contribution in [0.15, 0.2) is 18.2 Å². The molecule has 0 saturated heterocycles. The molecular weight excluding hydrogens is 250 g/mol. The molecule has 0 radical (unpaired) electrons. The second-order valence-electron chi connectivity index (χ2n) is 3.85. The third kappa shape index (κ3) is 3.84. The van der Waals surface area contributed by atoms with E-state index in [4.69, 9.17) is 19.3 Å². The van der Waals surface area contributed by atoms with Crippen LogP contribution in [0.2, 0.25) is 0 Å². The predicted molar refractivity (Wildman–Crippen MR) is 69.8 cm³/mol. The Labute approximate surface area is 112 Å². The molecule has 0 fully saturated rings. The fourth-order valence-electron chi connectivity index (χ4n) is 1.67. The molecule has 0 saturated carbocycles. The van der Waals surface area contributed by atoms with E-state index in [-0.39, 0.29) is 19.1 Å². The van der Waals surface area contributed by atoms with Gasteiger partial charge in [-0.25, -0.2) is 0 Å². The van der Waals surface area contributed by atoms with Crippen molar-refractivity contribution in [3.8, 4) is 11.5 Å². The first-order valence-electron chi connectivity index (χ1n) is 5.79. The van der Waals surface area contributed by atoms with Gasteiger partial charge in [-0.05, 0) is 12.1 Å². The van der Waals surface area contributed by atoms with Crippen LogP contribution in [0.1, 0.15) is 10.4 Å². The van der Waals surface area contributed by atoms with Gasteiger partial charge in [-0.1, -0.05) is 6.07 Å². The molecule has 1 aromatic carbocycles. The number of hydrogen-bond donors (Lipinski definition) is 2. The maximum atomic E-state index is 12.1. The lowest BCUT2D eigenvalue weighted by atomic mass is 10.1. The van der Waals surface area contributed by atoms with E-state index in [1.165, 1.54) is 21.3 Å². The van der Waals surface area contributed by atoms with Crippen molar-refractivity contribution in [1.82, 2.24) is 5.32 Å². The monoisotopic (exact) mass is 269 g/mol. The third-order valence-electron chi connectivity index (χ3n) is 2.57. The molecule has 0 aliphatic carbocycles. The average molecular weight is 269 g/mol. The highest BCUT2D eigenvalue weighted by Crippen LogP contribution is 2.30. The molecule has 0 spiro atoms. The summed E-state index contributed by atoms with van der Waals surface area (Å²) in [5.41, 5.74) is 0.344. The first-order valence-corrected chi connectivity index (χ1v) is 5.79. The fourth-order valence-corrected chi connectivity index (χ4v) is 1.67. The van der Waals surface area contributed by atoms with Gasteiger partial charge >= 0.3 is 0 Å². The minimum atomic E-state index is -0.464. The number of nitrogens with one attached hydrogen (secondary N) is 1. The Bertz CT molecular complexity index is 421. The van der Waals surface area contributed by atoms with Crippen LogP contribution in [0.3, 0.4) is 0 Å². The molecule has 1 aromatic rings. The van der Waals surface area contributed by atoms with Crippen molar-refractivity contribution in [3.05, 3.63) is 23.8 Å². The first-order chi connectivity index (χ1) is 9.17. The normalized spacial score (nSPS) is 11.8. The van der Waals surface area contributed by atoms with Crippen molar-refractivity contribution >= 4 is 5.91 Å². The smallest absolute Gasteiger partial charge is 0.255 e. The van der Waals surface area contributed by atoms with E-state index < -0.39 is 6.04 Å². The number of hydrogen-bond acceptors (Lipinski definition) is 5. The minimum Gasteiger partial charge on any atom is -0.493 e. The summed E-state index contributed by atoms with van der Waals surface area (Å²) in [6, 6.07) is 4.56. The lowest BCUT2D eigenvalue weighted by Crippen LogP contribution is -2.40. The maximum Gasteiger partial charge on any atom is 0.255 e. The molecule has 1 unspecified atom stereocenters. The van der Waals surface area contributed by atoms with Crippen molar-refractivity contribution in [2.24, 2.45) is 0 Å². The molecule has 6 nitrogen and oxygen atoms in total. The Morgan fingerprint density at radius 1 is 1.32 bits per heavy atom. The summed E-state index contributed by atoms with van der Waals surface area (Å²) in [6.45, 7) is 0.0282. The highest BCUT2D eigenvalue weighted by atomic mass is 16.5. The first kappa shape index (κ1) is 15.3. The molecule has 0 aliphatic rings. The zero-order chi connectivity index (χ0) is 14.3. The van der Waals surface area contributed by atoms with Crippen LogP contribution in [-0.4, -0.2) is 51.6 Å². The highest BCUT2D eigenvalue weighted by molar-refractivity contribution is 5.98. The number of methoxy groups -OCH3 is 3. The number of rotatable bonds is 7. The van der Waals surface area contributed by atoms with Crippen molar-refractivity contribution in [2.45, 2.75) is 6.04 Å². The number of carbonyl (C=O) groups excluding carboxylic acids is 1. The molecule has 6 heteroatoms. The molecule has 0 aliphatic heterocycles. The summed E-state index contributed by atoms with van der Waals surface area (Å²) in [7, 11) is 4.47. The third-order valence-corrected chi connectivity index (χ3v) is 2.57. The van der Waals surface area contributed by atoms with E-state index in [1.807, 2.05) is 0 Å². The van der Waals surface area contributed by atoms with Crippen molar-refractivity contribution in [3.63, 3.8) is 0 Å². The molecule has 2 N–H and O–H groups in total. The van der Waals surface area contributed by atoms with Crippen LogP contribution >= 0.6 is 0 Å². The van der Waals surface area contributed by atoms with Crippen LogP contribution in [0.5, 0.6) is 11.5 Å². The summed E-state index contributed by atoms with van der Waals surface area (Å²) >= 11 is 0. The van der Waals surface area contributed by atoms with Gasteiger partial charge < -0.3 is 24.6 Å². The fraction of sp³-hybridized carbons (Fsp3) is 0.462. The zero-order valence-electron chi connectivity index (χ0n) is 11.3. The van der Waals surface area contributed by atoms with Gasteiger partial charge in [0, 0.05) is 7.11 Å². The summed E-state index contributed by atoms with van der Waals surface area (Å²) in [4.78, 5) is 12.1. The lowest BCUT2D eigenvalue weighted by Gasteiger charge is -2.17. The van der Waals surface area contributed by atoms with E-state index in [2.05, 4.69) is 5.32 Å². The van der Waals surface area contributed by atoms with Gasteiger partial charge in [-0.3, -0.25) is 4.79 Å². The van der Waals surface area contributed by atoms with E-state index in [0.29, 0.717) is 17.1 Å². The van der Waals surface area contributed by atoms with Crippen LogP contribution in [0, 0.1) is 0 Å². The summed E-state index contributed by atoms with van der Waals surface area (Å²) < 4.78 is 15.2. The zero-order valence-corrected chi connectivity index (χ0v) is 11.3. The molecule has 1 atom stereocenters. The van der Waals surface area contributed by atoms with Crippen molar-refractivity contribution < 1.29 is 24.1 Å². The van der Waals surface area contributed by atoms with E-state index >= 15 is 0 Å². The number of benzene rings is 1. The van der Waals surface area contributed by atoms with Crippen LogP contribution in [0.4, 0.5) is 0 Å². The molecule has 0 heterocycles. The second kappa shape index (κ2) is 7.60. The molecule has 0 aromatic heterocycles. The van der Waals surface area contributed by atoms with Gasteiger partial charge in [0.25, 0.3) is 5.91 Å². The minimum absolute atomic E-state index is 0.203. The van der Waals surface area contributed by atoms with Gasteiger partial charge in [0.1, 0.15) is 0 Å². The number of aliphatic hydroxyl groups excluding tert-OH is 1. The largest absolute Gasteiger partial charge is 0.493 e. The molecule has 19 heavy (non-hydrogen) atoms. The topological polar surface area (TPSA) is 77.0 Å². The Morgan fingerprint density at radius 2 is 2.05 bits per heavy atom. The number of amides is 1. The molecule has 1 rings (SSSR count). The second-order valence-corrected chi connectivity index (χ2v) is 3.85. The molecule has 0 bridgehead atoms. The van der Waals surface area contributed by atoms with E-state index in [0.717, 1.165) is 0 Å². The van der Waals surface area contributed by atoms with Gasteiger partial charge in [0.2, 0.25) is 0 Å². The summed E-state index contributed by atoms with van der Waals surface area (Å²) in [5, 5.41) is 11.8. The van der Waals surface area contributed by atoms with Gasteiger partial charge in [0.15, 0.2) is 11.5 Å². The van der Waals surface area contributed by atoms with Crippen LogP contribution in [-0.2, 0) is 4.74 Å². The number of carbonyl (C=O) groups is 1.